The molecular formula is C18H21F3N6O. The van der Waals surface area contributed by atoms with Crippen LogP contribution in [0.25, 0.3) is 11.3 Å². The van der Waals surface area contributed by atoms with Crippen LogP contribution in [0.4, 0.5) is 18.0 Å². The van der Waals surface area contributed by atoms with E-state index in [1.807, 2.05) is 0 Å². The molecule has 3 rings (SSSR count). The summed E-state index contributed by atoms with van der Waals surface area (Å²) in [6.07, 6.45) is -0.282. The zero-order valence-electron chi connectivity index (χ0n) is 15.7. The van der Waals surface area contributed by atoms with Gasteiger partial charge < -0.3 is 15.2 Å². The summed E-state index contributed by atoms with van der Waals surface area (Å²) in [5.41, 5.74) is 0.517. The molecule has 28 heavy (non-hydrogen) atoms. The first-order chi connectivity index (χ1) is 13.2. The summed E-state index contributed by atoms with van der Waals surface area (Å²) < 4.78 is 42.3. The number of nitrogens with zero attached hydrogens (tertiary/aromatic N) is 4. The molecular weight excluding hydrogens is 373 g/mol. The zero-order chi connectivity index (χ0) is 20.5. The maximum Gasteiger partial charge on any atom is 0.416 e. The molecule has 1 aliphatic rings. The molecule has 2 amide bonds. The molecule has 0 saturated heterocycles. The molecule has 7 nitrogen and oxygen atoms in total. The minimum Gasteiger partial charge on any atom is -0.336 e. The lowest BCUT2D eigenvalue weighted by Crippen LogP contribution is -2.47. The highest BCUT2D eigenvalue weighted by molar-refractivity contribution is 5.75. The Morgan fingerprint density at radius 2 is 2.21 bits per heavy atom. The van der Waals surface area contributed by atoms with Crippen LogP contribution in [-0.4, -0.2) is 46.6 Å². The number of benzene rings is 1. The van der Waals surface area contributed by atoms with Crippen molar-refractivity contribution in [2.45, 2.75) is 32.2 Å². The topological polar surface area (TPSA) is 74.6 Å². The maximum atomic E-state index is 13.5. The summed E-state index contributed by atoms with van der Waals surface area (Å²) in [7, 11) is 1.70. The molecule has 0 bridgehead atoms. The first-order valence-electron chi connectivity index (χ1n) is 8.72. The maximum absolute atomic E-state index is 13.5. The number of hydrogen-bond donors (Lipinski definition) is 2. The second-order valence-electron chi connectivity index (χ2n) is 6.44. The molecule has 150 valence electrons. The number of hydrogen-bond acceptors (Lipinski definition) is 4. The lowest BCUT2D eigenvalue weighted by Gasteiger charge is -2.24. The fourth-order valence-electron chi connectivity index (χ4n) is 3.30. The number of hydrazone groups is 1. The van der Waals surface area contributed by atoms with Crippen LogP contribution in [0.5, 0.6) is 0 Å². The van der Waals surface area contributed by atoms with Crippen molar-refractivity contribution in [1.29, 1.82) is 0 Å². The van der Waals surface area contributed by atoms with Gasteiger partial charge in [0.05, 0.1) is 29.8 Å². The van der Waals surface area contributed by atoms with Gasteiger partial charge in [-0.25, -0.2) is 9.78 Å². The average Bonchev–Trinajstić information content (AvgIpc) is 3.20. The van der Waals surface area contributed by atoms with E-state index in [1.54, 1.807) is 42.8 Å². The van der Waals surface area contributed by atoms with Crippen molar-refractivity contribution in [3.63, 3.8) is 0 Å². The highest BCUT2D eigenvalue weighted by atomic mass is 19.4. The molecule has 2 unspecified atom stereocenters. The highest BCUT2D eigenvalue weighted by Crippen LogP contribution is 2.45. The monoisotopic (exact) mass is 394 g/mol. The summed E-state index contributed by atoms with van der Waals surface area (Å²) in [6, 6.07) is 2.89. The van der Waals surface area contributed by atoms with E-state index in [-0.39, 0.29) is 18.3 Å². The SMILES string of the molecule is C/C=N\N(C)C(C)NC(=O)NCC1c2c(cccc2C(F)(F)F)-c2cncn21. The Balaban J connectivity index is 1.80. The minimum absolute atomic E-state index is 0.0111. The van der Waals surface area contributed by atoms with Gasteiger partial charge in [-0.15, -0.1) is 0 Å². The summed E-state index contributed by atoms with van der Waals surface area (Å²) >= 11 is 0. The summed E-state index contributed by atoms with van der Waals surface area (Å²) in [4.78, 5) is 16.2. The van der Waals surface area contributed by atoms with Crippen LogP contribution in [0.15, 0.2) is 35.8 Å². The van der Waals surface area contributed by atoms with Crippen LogP contribution in [0.3, 0.4) is 0 Å². The molecule has 2 atom stereocenters. The van der Waals surface area contributed by atoms with Gasteiger partial charge in [-0.05, 0) is 25.5 Å². The lowest BCUT2D eigenvalue weighted by molar-refractivity contribution is -0.138. The van der Waals surface area contributed by atoms with Crippen molar-refractivity contribution in [2.24, 2.45) is 5.10 Å². The number of nitrogens with one attached hydrogen (secondary N) is 2. The Morgan fingerprint density at radius 1 is 1.46 bits per heavy atom. The van der Waals surface area contributed by atoms with Crippen molar-refractivity contribution in [3.8, 4) is 11.3 Å². The predicted molar refractivity (Wildman–Crippen MR) is 98.7 cm³/mol. The van der Waals surface area contributed by atoms with E-state index in [0.29, 0.717) is 11.3 Å². The first-order valence-corrected chi connectivity index (χ1v) is 8.72. The van der Waals surface area contributed by atoms with Crippen LogP contribution >= 0.6 is 0 Å². The zero-order valence-corrected chi connectivity index (χ0v) is 15.7. The number of fused-ring (bicyclic) bond motifs is 3. The number of imidazole rings is 1. The normalized spacial score (nSPS) is 16.6. The Labute approximate surface area is 160 Å². The van der Waals surface area contributed by atoms with Crippen molar-refractivity contribution in [2.75, 3.05) is 13.6 Å². The quantitative estimate of drug-likeness (QED) is 0.465. The van der Waals surface area contributed by atoms with E-state index in [2.05, 4.69) is 20.7 Å². The third-order valence-electron chi connectivity index (χ3n) is 4.68. The molecule has 10 heteroatoms. The number of rotatable bonds is 5. The predicted octanol–water partition coefficient (Wildman–Crippen LogP) is 3.05. The van der Waals surface area contributed by atoms with Crippen LogP contribution < -0.4 is 10.6 Å². The van der Waals surface area contributed by atoms with E-state index in [9.17, 15) is 18.0 Å². The fourth-order valence-corrected chi connectivity index (χ4v) is 3.30. The summed E-state index contributed by atoms with van der Waals surface area (Å²) in [5.74, 6) is 0. The average molecular weight is 394 g/mol. The number of halogens is 3. The first kappa shape index (κ1) is 19.7. The summed E-state index contributed by atoms with van der Waals surface area (Å²) in [6.45, 7) is 3.48. The molecule has 0 spiro atoms. The van der Waals surface area contributed by atoms with Gasteiger partial charge in [0.25, 0.3) is 0 Å². The van der Waals surface area contributed by atoms with Gasteiger partial charge in [-0.2, -0.15) is 18.3 Å². The molecule has 1 aliphatic heterocycles. The molecule has 0 aliphatic carbocycles. The van der Waals surface area contributed by atoms with E-state index in [0.717, 1.165) is 6.07 Å². The van der Waals surface area contributed by atoms with E-state index >= 15 is 0 Å². The third-order valence-corrected chi connectivity index (χ3v) is 4.68. The van der Waals surface area contributed by atoms with Gasteiger partial charge >= 0.3 is 12.2 Å². The van der Waals surface area contributed by atoms with Gasteiger partial charge in [0, 0.05) is 25.4 Å². The van der Waals surface area contributed by atoms with Gasteiger partial charge in [0.15, 0.2) is 0 Å². The lowest BCUT2D eigenvalue weighted by atomic mass is 9.96. The second-order valence-corrected chi connectivity index (χ2v) is 6.44. The van der Waals surface area contributed by atoms with Crippen LogP contribution in [0, 0.1) is 0 Å². The summed E-state index contributed by atoms with van der Waals surface area (Å²) in [5, 5.41) is 10.9. The van der Waals surface area contributed by atoms with E-state index in [1.165, 1.54) is 18.6 Å². The molecule has 2 aromatic rings. The number of amides is 2. The van der Waals surface area contributed by atoms with Crippen LogP contribution in [-0.2, 0) is 6.18 Å². The van der Waals surface area contributed by atoms with Crippen molar-refractivity contribution in [1.82, 2.24) is 25.2 Å². The van der Waals surface area contributed by atoms with Crippen LogP contribution in [0.1, 0.15) is 31.0 Å². The van der Waals surface area contributed by atoms with Crippen molar-refractivity contribution >= 4 is 12.2 Å². The van der Waals surface area contributed by atoms with E-state index in [4.69, 9.17) is 0 Å². The van der Waals surface area contributed by atoms with Crippen molar-refractivity contribution < 1.29 is 18.0 Å². The molecule has 0 fully saturated rings. The number of carbonyl (C=O) groups is 1. The second kappa shape index (κ2) is 7.53. The third kappa shape index (κ3) is 3.67. The van der Waals surface area contributed by atoms with Gasteiger partial charge in [0.1, 0.15) is 6.17 Å². The van der Waals surface area contributed by atoms with Gasteiger partial charge in [0.2, 0.25) is 0 Å². The number of aromatic nitrogens is 2. The molecule has 1 aromatic carbocycles. The minimum atomic E-state index is -4.49. The standard InChI is InChI=1S/C18H21F3N6O/c1-4-24-26(3)11(2)25-17(28)23-9-15-16-12(14-8-22-10-27(14)15)6-5-7-13(16)18(19,20)21/h4-8,10-11,15H,9H2,1-3H3,(H2,23,25,28)/b24-4-. The molecule has 2 N–H and O–H groups in total. The highest BCUT2D eigenvalue weighted by Gasteiger charge is 2.40. The Morgan fingerprint density at radius 3 is 2.89 bits per heavy atom. The fraction of sp³-hybridized carbons (Fsp3) is 0.389. The smallest absolute Gasteiger partial charge is 0.336 e. The van der Waals surface area contributed by atoms with Crippen molar-refractivity contribution in [3.05, 3.63) is 41.9 Å². The Hall–Kier alpha value is -3.04. The molecule has 1 aromatic heterocycles. The van der Waals surface area contributed by atoms with E-state index < -0.39 is 23.8 Å². The molecule has 2 heterocycles. The van der Waals surface area contributed by atoms with Gasteiger partial charge in [-0.1, -0.05) is 12.1 Å². The number of carbonyl (C=O) groups excluding carboxylic acids is 1. The number of urea groups is 1. The Bertz CT molecular complexity index is 892. The molecule has 0 saturated carbocycles. The largest absolute Gasteiger partial charge is 0.416 e. The van der Waals surface area contributed by atoms with Crippen LogP contribution in [0.2, 0.25) is 0 Å². The number of alkyl halides is 3. The molecule has 0 radical (unpaired) electrons. The van der Waals surface area contributed by atoms with Gasteiger partial charge in [-0.3, -0.25) is 5.01 Å². The Kier molecular flexibility index (Phi) is 5.30.